The number of carbonyl (C=O) groups is 1. The number of hydrogen-bond donors (Lipinski definition) is 1. The first-order valence-corrected chi connectivity index (χ1v) is 12.6. The van der Waals surface area contributed by atoms with Crippen LogP contribution in [0.1, 0.15) is 57.3 Å². The number of nitriles is 1. The van der Waals surface area contributed by atoms with Crippen LogP contribution in [0.2, 0.25) is 0 Å². The molecular weight excluding hydrogens is 438 g/mol. The fourth-order valence-corrected chi connectivity index (χ4v) is 6.29. The van der Waals surface area contributed by atoms with Crippen molar-refractivity contribution in [3.05, 3.63) is 81.2 Å². The Morgan fingerprint density at radius 3 is 2.79 bits per heavy atom. The number of anilines is 1. The van der Waals surface area contributed by atoms with Crippen molar-refractivity contribution in [3.63, 3.8) is 0 Å². The number of aryl methyl sites for hydroxylation is 2. The maximum Gasteiger partial charge on any atom is 0.257 e. The first kappa shape index (κ1) is 22.3. The van der Waals surface area contributed by atoms with Crippen molar-refractivity contribution in [2.75, 3.05) is 5.32 Å². The van der Waals surface area contributed by atoms with Gasteiger partial charge in [-0.15, -0.1) is 11.3 Å². The highest BCUT2D eigenvalue weighted by Gasteiger charge is 2.26. The predicted octanol–water partition coefficient (Wildman–Crippen LogP) is 7.22. The van der Waals surface area contributed by atoms with Gasteiger partial charge in [0.15, 0.2) is 0 Å². The van der Waals surface area contributed by atoms with Crippen LogP contribution in [0.5, 0.6) is 0 Å². The second kappa shape index (κ2) is 9.04. The molecule has 0 saturated heterocycles. The van der Waals surface area contributed by atoms with Gasteiger partial charge in [0, 0.05) is 15.8 Å². The minimum atomic E-state index is -0.202. The second-order valence-corrected chi connectivity index (χ2v) is 10.3. The summed E-state index contributed by atoms with van der Waals surface area (Å²) in [6, 6.07) is 18.2. The SMILES string of the molecule is CCC1CCc2c(sc(NC(=O)c3cc(-c4ccc(C)cc4C)nc4ccccc34)c2C#N)C1. The Hall–Kier alpha value is -3.49. The molecule has 2 heterocycles. The summed E-state index contributed by atoms with van der Waals surface area (Å²) in [7, 11) is 0. The number of thiophene rings is 1. The van der Waals surface area contributed by atoms with E-state index in [4.69, 9.17) is 4.98 Å². The number of para-hydroxylation sites is 1. The second-order valence-electron chi connectivity index (χ2n) is 9.18. The molecule has 1 aliphatic carbocycles. The molecule has 0 bridgehead atoms. The topological polar surface area (TPSA) is 65.8 Å². The number of benzene rings is 2. The molecule has 4 nitrogen and oxygen atoms in total. The van der Waals surface area contributed by atoms with Gasteiger partial charge in [-0.1, -0.05) is 55.3 Å². The zero-order valence-electron chi connectivity index (χ0n) is 19.7. The van der Waals surface area contributed by atoms with Crippen molar-refractivity contribution in [2.45, 2.75) is 46.5 Å². The summed E-state index contributed by atoms with van der Waals surface area (Å²) >= 11 is 1.57. The lowest BCUT2D eigenvalue weighted by molar-refractivity contribution is 0.102. The fourth-order valence-electron chi connectivity index (χ4n) is 4.98. The third-order valence-electron chi connectivity index (χ3n) is 6.90. The van der Waals surface area contributed by atoms with Crippen molar-refractivity contribution >= 4 is 33.1 Å². The van der Waals surface area contributed by atoms with Crippen LogP contribution in [0.15, 0.2) is 48.5 Å². The van der Waals surface area contributed by atoms with Gasteiger partial charge in [-0.2, -0.15) is 5.26 Å². The molecule has 2 aromatic heterocycles. The van der Waals surface area contributed by atoms with Crippen molar-refractivity contribution < 1.29 is 4.79 Å². The maximum atomic E-state index is 13.6. The minimum absolute atomic E-state index is 0.202. The zero-order chi connectivity index (χ0) is 23.8. The summed E-state index contributed by atoms with van der Waals surface area (Å²) in [6.07, 6.45) is 4.16. The van der Waals surface area contributed by atoms with E-state index in [1.807, 2.05) is 30.3 Å². The summed E-state index contributed by atoms with van der Waals surface area (Å²) in [5, 5.41) is 14.4. The molecule has 1 aliphatic rings. The number of hydrogen-bond acceptors (Lipinski definition) is 4. The van der Waals surface area contributed by atoms with E-state index in [2.05, 4.69) is 50.4 Å². The summed E-state index contributed by atoms with van der Waals surface area (Å²) in [5.74, 6) is 0.456. The lowest BCUT2D eigenvalue weighted by Gasteiger charge is -2.20. The molecule has 0 spiro atoms. The Morgan fingerprint density at radius 2 is 2.03 bits per heavy atom. The monoisotopic (exact) mass is 465 g/mol. The van der Waals surface area contributed by atoms with E-state index in [-0.39, 0.29) is 5.91 Å². The Bertz CT molecular complexity index is 1460. The van der Waals surface area contributed by atoms with Crippen LogP contribution in [0.25, 0.3) is 22.2 Å². The molecule has 0 radical (unpaired) electrons. The first-order chi connectivity index (χ1) is 16.5. The summed E-state index contributed by atoms with van der Waals surface area (Å²) in [6.45, 7) is 6.36. The molecular formula is C29H27N3OS. The van der Waals surface area contributed by atoms with Gasteiger partial charge in [0.05, 0.1) is 22.3 Å². The highest BCUT2D eigenvalue weighted by molar-refractivity contribution is 7.16. The van der Waals surface area contributed by atoms with Crippen LogP contribution < -0.4 is 5.32 Å². The quantitative estimate of drug-likeness (QED) is 0.346. The molecule has 1 amide bonds. The molecule has 1 unspecified atom stereocenters. The average molecular weight is 466 g/mol. The van der Waals surface area contributed by atoms with Gasteiger partial charge < -0.3 is 5.32 Å². The number of nitrogens with zero attached hydrogens (tertiary/aromatic N) is 2. The molecule has 5 rings (SSSR count). The van der Waals surface area contributed by atoms with Crippen LogP contribution in [-0.2, 0) is 12.8 Å². The predicted molar refractivity (Wildman–Crippen MR) is 139 cm³/mol. The highest BCUT2D eigenvalue weighted by atomic mass is 32.1. The van der Waals surface area contributed by atoms with Crippen LogP contribution in [0, 0.1) is 31.1 Å². The van der Waals surface area contributed by atoms with Gasteiger partial charge in [0.1, 0.15) is 11.1 Å². The van der Waals surface area contributed by atoms with Crippen molar-refractivity contribution in [3.8, 4) is 17.3 Å². The third kappa shape index (κ3) is 3.99. The highest BCUT2D eigenvalue weighted by Crippen LogP contribution is 2.40. The maximum absolute atomic E-state index is 13.6. The molecule has 4 aromatic rings. The van der Waals surface area contributed by atoms with Crippen LogP contribution in [0.3, 0.4) is 0 Å². The van der Waals surface area contributed by atoms with Crippen molar-refractivity contribution in [1.29, 1.82) is 5.26 Å². The lowest BCUT2D eigenvalue weighted by atomic mass is 9.86. The third-order valence-corrected chi connectivity index (χ3v) is 8.07. The van der Waals surface area contributed by atoms with E-state index in [1.165, 1.54) is 10.4 Å². The molecule has 34 heavy (non-hydrogen) atoms. The van der Waals surface area contributed by atoms with Crippen molar-refractivity contribution in [2.24, 2.45) is 5.92 Å². The Balaban J connectivity index is 1.57. The molecule has 1 N–H and O–H groups in total. The van der Waals surface area contributed by atoms with E-state index in [9.17, 15) is 10.1 Å². The van der Waals surface area contributed by atoms with Gasteiger partial charge in [-0.3, -0.25) is 4.79 Å². The zero-order valence-corrected chi connectivity index (χ0v) is 20.6. The number of aromatic nitrogens is 1. The molecule has 0 fully saturated rings. The van der Waals surface area contributed by atoms with Gasteiger partial charge >= 0.3 is 0 Å². The average Bonchev–Trinajstić information content (AvgIpc) is 3.19. The number of rotatable bonds is 4. The molecule has 0 aliphatic heterocycles. The smallest absolute Gasteiger partial charge is 0.257 e. The molecule has 0 saturated carbocycles. The van der Waals surface area contributed by atoms with E-state index in [0.717, 1.165) is 59.0 Å². The van der Waals surface area contributed by atoms with Crippen molar-refractivity contribution in [1.82, 2.24) is 4.98 Å². The largest absolute Gasteiger partial charge is 0.312 e. The molecule has 5 heteroatoms. The lowest BCUT2D eigenvalue weighted by Crippen LogP contribution is -2.13. The Morgan fingerprint density at radius 1 is 1.21 bits per heavy atom. The fraction of sp³-hybridized carbons (Fsp3) is 0.276. The number of carbonyl (C=O) groups excluding carboxylic acids is 1. The van der Waals surface area contributed by atoms with Gasteiger partial charge in [-0.25, -0.2) is 4.98 Å². The molecule has 1 atom stereocenters. The Kier molecular flexibility index (Phi) is 5.93. The van der Waals surface area contributed by atoms with Gasteiger partial charge in [0.25, 0.3) is 5.91 Å². The number of amides is 1. The number of nitrogens with one attached hydrogen (secondary N) is 1. The summed E-state index contributed by atoms with van der Waals surface area (Å²) in [5.41, 5.74) is 7.22. The summed E-state index contributed by atoms with van der Waals surface area (Å²) < 4.78 is 0. The van der Waals surface area contributed by atoms with Gasteiger partial charge in [-0.05, 0) is 62.3 Å². The van der Waals surface area contributed by atoms with Gasteiger partial charge in [0.2, 0.25) is 0 Å². The number of fused-ring (bicyclic) bond motifs is 2. The molecule has 2 aromatic carbocycles. The van der Waals surface area contributed by atoms with E-state index in [0.29, 0.717) is 22.0 Å². The Labute approximate surface area is 204 Å². The minimum Gasteiger partial charge on any atom is -0.312 e. The van der Waals surface area contributed by atoms with E-state index >= 15 is 0 Å². The standard InChI is InChI=1S/C29H27N3OS/c1-4-19-10-12-22-24(16-30)29(34-27(22)14-19)32-28(33)23-15-26(20-11-9-17(2)13-18(20)3)31-25-8-6-5-7-21(23)25/h5-9,11,13,15,19H,4,10,12,14H2,1-3H3,(H,32,33). The van der Waals surface area contributed by atoms with E-state index < -0.39 is 0 Å². The normalized spacial score (nSPS) is 15.1. The first-order valence-electron chi connectivity index (χ1n) is 11.8. The van der Waals surface area contributed by atoms with E-state index in [1.54, 1.807) is 11.3 Å². The van der Waals surface area contributed by atoms with Crippen LogP contribution in [-0.4, -0.2) is 10.9 Å². The summed E-state index contributed by atoms with van der Waals surface area (Å²) in [4.78, 5) is 19.7. The van der Waals surface area contributed by atoms with Crippen LogP contribution in [0.4, 0.5) is 5.00 Å². The van der Waals surface area contributed by atoms with Crippen LogP contribution >= 0.6 is 11.3 Å². The number of pyridine rings is 1. The molecule has 170 valence electrons.